The van der Waals surface area contributed by atoms with E-state index >= 15 is 0 Å². The first-order valence-corrected chi connectivity index (χ1v) is 6.92. The van der Waals surface area contributed by atoms with Crippen molar-refractivity contribution in [3.05, 3.63) is 0 Å². The minimum Gasteiger partial charge on any atom is -0.309 e. The second kappa shape index (κ2) is 8.59. The lowest BCUT2D eigenvalue weighted by molar-refractivity contribution is 0.398. The summed E-state index contributed by atoms with van der Waals surface area (Å²) in [4.78, 5) is 2.28. The second-order valence-corrected chi connectivity index (χ2v) is 5.69. The Hall–Kier alpha value is 0.492. The third-order valence-electron chi connectivity index (χ3n) is 1.96. The minimum absolute atomic E-state index is 0.348. The lowest BCUT2D eigenvalue weighted by Crippen LogP contribution is -2.12. The molecule has 0 N–H and O–H groups in total. The Balaban J connectivity index is 2.80. The predicted molar refractivity (Wildman–Crippen MR) is 54.8 cm³/mol. The van der Waals surface area contributed by atoms with Gasteiger partial charge in [0.25, 0.3) is 0 Å². The normalized spacial score (nSPS) is 10.5. The van der Waals surface area contributed by atoms with Gasteiger partial charge in [-0.2, -0.15) is 0 Å². The third kappa shape index (κ3) is 10.5. The van der Waals surface area contributed by atoms with Crippen molar-refractivity contribution in [2.24, 2.45) is 0 Å². The predicted octanol–water partition coefficient (Wildman–Crippen LogP) is 2.01. The van der Waals surface area contributed by atoms with Gasteiger partial charge in [-0.05, 0) is 27.1 Å². The summed E-state index contributed by atoms with van der Waals surface area (Å²) in [6.45, 7) is 3.58. The van der Waals surface area contributed by atoms with Crippen LogP contribution in [-0.2, 0) is 0 Å². The van der Waals surface area contributed by atoms with Gasteiger partial charge in [0.1, 0.15) is 0 Å². The number of hydrogen-bond acceptors (Lipinski definition) is 1. The first-order chi connectivity index (χ1) is 5.27. The van der Waals surface area contributed by atoms with Gasteiger partial charge in [0.05, 0.1) is 0 Å². The Morgan fingerprint density at radius 2 is 1.82 bits per heavy atom. The van der Waals surface area contributed by atoms with E-state index < -0.39 is 0 Å². The van der Waals surface area contributed by atoms with Crippen LogP contribution in [0.2, 0.25) is 10.6 Å². The Bertz CT molecular complexity index is 74.0. The topological polar surface area (TPSA) is 3.24 Å². The van der Waals surface area contributed by atoms with Crippen LogP contribution in [0, 0.1) is 0 Å². The van der Waals surface area contributed by atoms with Crippen molar-refractivity contribution in [2.75, 3.05) is 20.6 Å². The van der Waals surface area contributed by atoms with E-state index in [-0.39, 0.29) is 0 Å². The molecule has 66 valence electrons. The van der Waals surface area contributed by atoms with Gasteiger partial charge in [0.2, 0.25) is 15.2 Å². The molecule has 0 atom stereocenters. The summed E-state index contributed by atoms with van der Waals surface area (Å²) in [7, 11) is 4.31. The van der Waals surface area contributed by atoms with Crippen molar-refractivity contribution < 1.29 is 0 Å². The van der Waals surface area contributed by atoms with Crippen molar-refractivity contribution in [1.82, 2.24) is 4.90 Å². The summed E-state index contributed by atoms with van der Waals surface area (Å²) in [5, 5.41) is 3.13. The van der Waals surface area contributed by atoms with Crippen LogP contribution in [0.1, 0.15) is 26.2 Å². The first-order valence-electron chi connectivity index (χ1n) is 4.92. The van der Waals surface area contributed by atoms with Crippen LogP contribution in [0.3, 0.4) is 0 Å². The molecule has 0 saturated heterocycles. The molecule has 0 aliphatic heterocycles. The van der Waals surface area contributed by atoms with E-state index in [0.717, 1.165) is 0 Å². The largest absolute Gasteiger partial charge is 0.309 e. The van der Waals surface area contributed by atoms with Gasteiger partial charge in [0.15, 0.2) is 0 Å². The van der Waals surface area contributed by atoms with Gasteiger partial charge in [-0.1, -0.05) is 30.3 Å². The zero-order valence-electron chi connectivity index (χ0n) is 8.40. The maximum Gasteiger partial charge on any atom is 0.236 e. The number of rotatable bonds is 7. The number of unbranched alkanes of at least 4 members (excludes halogenated alkanes) is 1. The van der Waals surface area contributed by atoms with Crippen molar-refractivity contribution in [2.45, 2.75) is 36.8 Å². The molecule has 0 fully saturated rings. The average molecular weight is 171 g/mol. The molecule has 0 amide bonds. The van der Waals surface area contributed by atoms with Crippen LogP contribution in [0.15, 0.2) is 0 Å². The van der Waals surface area contributed by atoms with E-state index in [0.29, 0.717) is 15.2 Å². The SMILES string of the molecule is CC[CH2][AlH][CH2]CCCN(C)C. The van der Waals surface area contributed by atoms with E-state index in [1.807, 2.05) is 0 Å². The monoisotopic (exact) mass is 171 g/mol. The molecular weight excluding hydrogens is 149 g/mol. The molecule has 0 aromatic heterocycles. The fourth-order valence-electron chi connectivity index (χ4n) is 1.21. The molecule has 0 heterocycles. The van der Waals surface area contributed by atoms with Crippen LogP contribution < -0.4 is 0 Å². The van der Waals surface area contributed by atoms with E-state index in [4.69, 9.17) is 0 Å². The molecule has 0 aromatic rings. The van der Waals surface area contributed by atoms with Crippen molar-refractivity contribution in [1.29, 1.82) is 0 Å². The maximum absolute atomic E-state index is 2.30. The summed E-state index contributed by atoms with van der Waals surface area (Å²) in [6, 6.07) is 0. The number of hydrogen-bond donors (Lipinski definition) is 0. The Labute approximate surface area is 77.9 Å². The van der Waals surface area contributed by atoms with Crippen molar-refractivity contribution in [3.63, 3.8) is 0 Å². The zero-order valence-corrected chi connectivity index (χ0v) is 9.81. The molecule has 2 heteroatoms. The van der Waals surface area contributed by atoms with Gasteiger partial charge in [-0.3, -0.25) is 0 Å². The molecule has 0 aliphatic rings. The second-order valence-electron chi connectivity index (χ2n) is 3.57. The average Bonchev–Trinajstić information content (AvgIpc) is 1.96. The zero-order chi connectivity index (χ0) is 8.53. The third-order valence-corrected chi connectivity index (χ3v) is 4.17. The van der Waals surface area contributed by atoms with E-state index in [9.17, 15) is 0 Å². The smallest absolute Gasteiger partial charge is 0.236 e. The Morgan fingerprint density at radius 3 is 2.36 bits per heavy atom. The van der Waals surface area contributed by atoms with Crippen molar-refractivity contribution >= 4 is 15.2 Å². The molecule has 11 heavy (non-hydrogen) atoms. The lowest BCUT2D eigenvalue weighted by Gasteiger charge is -2.07. The lowest BCUT2D eigenvalue weighted by atomic mass is 10.3. The van der Waals surface area contributed by atoms with Crippen LogP contribution in [-0.4, -0.2) is 40.8 Å². The molecule has 0 aliphatic carbocycles. The van der Waals surface area contributed by atoms with Gasteiger partial charge in [-0.25, -0.2) is 0 Å². The molecule has 0 unspecified atom stereocenters. The van der Waals surface area contributed by atoms with E-state index in [1.54, 1.807) is 10.6 Å². The summed E-state index contributed by atoms with van der Waals surface area (Å²) >= 11 is 0.348. The molecule has 1 nitrogen and oxygen atoms in total. The fraction of sp³-hybridized carbons (Fsp3) is 1.00. The molecule has 0 rings (SSSR count). The Morgan fingerprint density at radius 1 is 1.09 bits per heavy atom. The quantitative estimate of drug-likeness (QED) is 0.418. The van der Waals surface area contributed by atoms with Crippen LogP contribution in [0.25, 0.3) is 0 Å². The molecule has 0 aromatic carbocycles. The maximum atomic E-state index is 2.30. The minimum atomic E-state index is 0.348. The number of nitrogens with zero attached hydrogens (tertiary/aromatic N) is 1. The van der Waals surface area contributed by atoms with Crippen LogP contribution >= 0.6 is 0 Å². The highest BCUT2D eigenvalue weighted by molar-refractivity contribution is 6.35. The summed E-state index contributed by atoms with van der Waals surface area (Å²) in [5.41, 5.74) is 0. The van der Waals surface area contributed by atoms with Crippen LogP contribution in [0.5, 0.6) is 0 Å². The van der Waals surface area contributed by atoms with Crippen molar-refractivity contribution in [3.8, 4) is 0 Å². The molecule has 0 saturated carbocycles. The van der Waals surface area contributed by atoms with Crippen LogP contribution in [0.4, 0.5) is 0 Å². The Kier molecular flexibility index (Phi) is 8.97. The van der Waals surface area contributed by atoms with Gasteiger partial charge >= 0.3 is 0 Å². The van der Waals surface area contributed by atoms with E-state index in [1.165, 1.54) is 25.8 Å². The molecule has 0 bridgehead atoms. The van der Waals surface area contributed by atoms with Gasteiger partial charge in [0, 0.05) is 0 Å². The summed E-state index contributed by atoms with van der Waals surface area (Å²) < 4.78 is 0. The highest BCUT2D eigenvalue weighted by Gasteiger charge is 1.93. The van der Waals surface area contributed by atoms with Gasteiger partial charge < -0.3 is 4.90 Å². The summed E-state index contributed by atoms with van der Waals surface area (Å²) in [5.74, 6) is 0. The standard InChI is InChI=1S/C6H14N.C3H7.Al.H/c1-4-5-6-7(2)3;1-3-2;;/h1,4-6H2,2-3H3;1,3H2,2H3;;. The molecular formula is C9H22AlN. The van der Waals surface area contributed by atoms with E-state index in [2.05, 4.69) is 25.9 Å². The molecule has 0 radical (unpaired) electrons. The van der Waals surface area contributed by atoms with Gasteiger partial charge in [-0.15, -0.1) is 0 Å². The highest BCUT2D eigenvalue weighted by Crippen LogP contribution is 1.99. The first kappa shape index (κ1) is 11.5. The summed E-state index contributed by atoms with van der Waals surface area (Å²) in [6.07, 6.45) is 4.30. The fourth-order valence-corrected chi connectivity index (χ4v) is 2.77. The highest BCUT2D eigenvalue weighted by atomic mass is 27.1. The molecule has 0 spiro atoms.